The molecular formula is C36H42N2O4P2. The summed E-state index contributed by atoms with van der Waals surface area (Å²) in [4.78, 5) is 31.1. The first kappa shape index (κ1) is 33.2. The molecule has 0 saturated carbocycles. The van der Waals surface area contributed by atoms with Gasteiger partial charge in [-0.2, -0.15) is 0 Å². The first-order valence-corrected chi connectivity index (χ1v) is 19.1. The molecule has 4 aromatic rings. The maximum absolute atomic E-state index is 14.6. The van der Waals surface area contributed by atoms with E-state index in [0.29, 0.717) is 47.4 Å². The van der Waals surface area contributed by atoms with Gasteiger partial charge in [0.2, 0.25) is 11.8 Å². The van der Waals surface area contributed by atoms with Crippen molar-refractivity contribution < 1.29 is 18.7 Å². The molecule has 0 saturated heterocycles. The third-order valence-corrected chi connectivity index (χ3v) is 13.7. The molecule has 0 aromatic heterocycles. The molecule has 0 bridgehead atoms. The fourth-order valence-electron chi connectivity index (χ4n) is 5.42. The van der Waals surface area contributed by atoms with Crippen LogP contribution in [0.3, 0.4) is 0 Å². The van der Waals surface area contributed by atoms with Crippen molar-refractivity contribution in [2.24, 2.45) is 0 Å². The minimum Gasteiger partial charge on any atom is -0.341 e. The van der Waals surface area contributed by atoms with Gasteiger partial charge in [0.25, 0.3) is 0 Å². The van der Waals surface area contributed by atoms with Crippen LogP contribution < -0.4 is 21.2 Å². The molecule has 0 aliphatic rings. The number of carbonyl (C=O) groups is 2. The van der Waals surface area contributed by atoms with E-state index in [1.54, 1.807) is 9.80 Å². The Bertz CT molecular complexity index is 1370. The molecule has 0 atom stereocenters. The lowest BCUT2D eigenvalue weighted by molar-refractivity contribution is -0.132. The standard InChI is InChI=1S/C36H42N2O4P2/c1-3-25-37(35(39)29-43(41,31-17-9-5-10-18-31)32-19-11-6-12-20-32)27-28-38(26-4-2)36(40)30-44(42,33-21-13-7-14-22-33)34-23-15-8-16-24-34/h5-24H,3-4,25-30H2,1-2H3. The summed E-state index contributed by atoms with van der Waals surface area (Å²) in [7, 11) is -6.48. The normalized spacial score (nSPS) is 11.6. The smallest absolute Gasteiger partial charge is 0.230 e. The van der Waals surface area contributed by atoms with E-state index >= 15 is 0 Å². The molecule has 2 amide bonds. The SMILES string of the molecule is CCCN(CCN(CCC)C(=O)CP(=O)(c1ccccc1)c1ccccc1)C(=O)CP(=O)(c1ccccc1)c1ccccc1. The molecule has 230 valence electrons. The van der Waals surface area contributed by atoms with E-state index in [-0.39, 0.29) is 24.1 Å². The maximum atomic E-state index is 14.6. The van der Waals surface area contributed by atoms with E-state index < -0.39 is 14.3 Å². The number of hydrogen-bond donors (Lipinski definition) is 0. The van der Waals surface area contributed by atoms with Gasteiger partial charge >= 0.3 is 0 Å². The summed E-state index contributed by atoms with van der Waals surface area (Å²) >= 11 is 0. The van der Waals surface area contributed by atoms with Crippen molar-refractivity contribution >= 4 is 47.3 Å². The second-order valence-electron chi connectivity index (χ2n) is 10.9. The van der Waals surface area contributed by atoms with Gasteiger partial charge in [-0.1, -0.05) is 135 Å². The zero-order valence-electron chi connectivity index (χ0n) is 25.6. The third-order valence-electron chi connectivity index (χ3n) is 7.74. The van der Waals surface area contributed by atoms with Crippen molar-refractivity contribution in [1.29, 1.82) is 0 Å². The highest BCUT2D eigenvalue weighted by Crippen LogP contribution is 2.44. The Morgan fingerprint density at radius 3 is 0.932 bits per heavy atom. The van der Waals surface area contributed by atoms with Crippen molar-refractivity contribution in [2.45, 2.75) is 26.7 Å². The average Bonchev–Trinajstić information content (AvgIpc) is 3.07. The Kier molecular flexibility index (Phi) is 11.9. The first-order chi connectivity index (χ1) is 21.3. The van der Waals surface area contributed by atoms with Crippen LogP contribution in [0.25, 0.3) is 0 Å². The summed E-state index contributed by atoms with van der Waals surface area (Å²) in [5.41, 5.74) is 0. The van der Waals surface area contributed by atoms with Gasteiger partial charge in [-0.15, -0.1) is 0 Å². The Balaban J connectivity index is 1.54. The monoisotopic (exact) mass is 628 g/mol. The van der Waals surface area contributed by atoms with Crippen LogP contribution in [0, 0.1) is 0 Å². The molecule has 0 unspecified atom stereocenters. The van der Waals surface area contributed by atoms with Crippen LogP contribution in [0.5, 0.6) is 0 Å². The van der Waals surface area contributed by atoms with Crippen molar-refractivity contribution in [2.75, 3.05) is 38.5 Å². The van der Waals surface area contributed by atoms with Gasteiger partial charge in [-0.3, -0.25) is 9.59 Å². The lowest BCUT2D eigenvalue weighted by atomic mass is 10.3. The third kappa shape index (κ3) is 8.05. The molecular weight excluding hydrogens is 586 g/mol. The van der Waals surface area contributed by atoms with Gasteiger partial charge in [0.1, 0.15) is 0 Å². The predicted molar refractivity (Wildman–Crippen MR) is 183 cm³/mol. The summed E-state index contributed by atoms with van der Waals surface area (Å²) in [6.45, 7) is 5.59. The van der Waals surface area contributed by atoms with E-state index in [9.17, 15) is 18.7 Å². The van der Waals surface area contributed by atoms with Crippen LogP contribution in [-0.2, 0) is 18.7 Å². The van der Waals surface area contributed by atoms with E-state index in [1.165, 1.54) is 0 Å². The van der Waals surface area contributed by atoms with Crippen LogP contribution in [0.4, 0.5) is 0 Å². The van der Waals surface area contributed by atoms with Crippen LogP contribution >= 0.6 is 14.3 Å². The van der Waals surface area contributed by atoms with Gasteiger partial charge < -0.3 is 18.9 Å². The second kappa shape index (κ2) is 15.8. The molecule has 0 spiro atoms. The fourth-order valence-corrected chi connectivity index (χ4v) is 10.5. The molecule has 0 fully saturated rings. The number of rotatable bonds is 15. The predicted octanol–water partition coefficient (Wildman–Crippen LogP) is 5.49. The molecule has 6 nitrogen and oxygen atoms in total. The quantitative estimate of drug-likeness (QED) is 0.163. The minimum atomic E-state index is -3.24. The topological polar surface area (TPSA) is 74.8 Å². The summed E-state index contributed by atoms with van der Waals surface area (Å²) < 4.78 is 29.1. The van der Waals surface area contributed by atoms with E-state index in [0.717, 1.165) is 12.8 Å². The fraction of sp³-hybridized carbons (Fsp3) is 0.278. The highest BCUT2D eigenvalue weighted by Gasteiger charge is 2.34. The van der Waals surface area contributed by atoms with Gasteiger partial charge in [-0.25, -0.2) is 0 Å². The summed E-state index contributed by atoms with van der Waals surface area (Å²) in [6, 6.07) is 36.8. The van der Waals surface area contributed by atoms with E-state index in [4.69, 9.17) is 0 Å². The Morgan fingerprint density at radius 1 is 0.455 bits per heavy atom. The van der Waals surface area contributed by atoms with Crippen molar-refractivity contribution in [1.82, 2.24) is 9.80 Å². The lowest BCUT2D eigenvalue weighted by Crippen LogP contribution is -2.44. The zero-order chi connectivity index (χ0) is 31.4. The van der Waals surface area contributed by atoms with E-state index in [1.807, 2.05) is 135 Å². The molecule has 0 aliphatic heterocycles. The Labute approximate surface area is 261 Å². The molecule has 4 aromatic carbocycles. The molecule has 0 N–H and O–H groups in total. The Morgan fingerprint density at radius 2 is 0.705 bits per heavy atom. The number of nitrogens with zero attached hydrogens (tertiary/aromatic N) is 2. The molecule has 0 radical (unpaired) electrons. The number of benzene rings is 4. The number of amides is 2. The highest BCUT2D eigenvalue weighted by molar-refractivity contribution is 7.79. The average molecular weight is 629 g/mol. The van der Waals surface area contributed by atoms with Crippen LogP contribution in [0.2, 0.25) is 0 Å². The molecule has 0 aliphatic carbocycles. The van der Waals surface area contributed by atoms with Gasteiger partial charge in [-0.05, 0) is 12.8 Å². The molecule has 4 rings (SSSR count). The van der Waals surface area contributed by atoms with Gasteiger partial charge in [0.15, 0.2) is 14.3 Å². The van der Waals surface area contributed by atoms with E-state index in [2.05, 4.69) is 0 Å². The van der Waals surface area contributed by atoms with Crippen molar-refractivity contribution in [3.8, 4) is 0 Å². The maximum Gasteiger partial charge on any atom is 0.230 e. The number of hydrogen-bond acceptors (Lipinski definition) is 4. The second-order valence-corrected chi connectivity index (χ2v) is 16.6. The van der Waals surface area contributed by atoms with Crippen molar-refractivity contribution in [3.05, 3.63) is 121 Å². The summed E-state index contributed by atoms with van der Waals surface area (Å²) in [6.07, 6.45) is 1.21. The number of carbonyl (C=O) groups excluding carboxylic acids is 2. The zero-order valence-corrected chi connectivity index (χ0v) is 27.4. The van der Waals surface area contributed by atoms with Crippen molar-refractivity contribution in [3.63, 3.8) is 0 Å². The van der Waals surface area contributed by atoms with Crippen LogP contribution in [0.15, 0.2) is 121 Å². The summed E-state index contributed by atoms with van der Waals surface area (Å²) in [5, 5.41) is 2.60. The minimum absolute atomic E-state index is 0.125. The van der Waals surface area contributed by atoms with Crippen LogP contribution in [-0.4, -0.2) is 60.1 Å². The van der Waals surface area contributed by atoms with Gasteiger partial charge in [0.05, 0.1) is 12.3 Å². The van der Waals surface area contributed by atoms with Crippen LogP contribution in [0.1, 0.15) is 26.7 Å². The molecule has 0 heterocycles. The molecule has 44 heavy (non-hydrogen) atoms. The largest absolute Gasteiger partial charge is 0.341 e. The highest BCUT2D eigenvalue weighted by atomic mass is 31.2. The Hall–Kier alpha value is -3.72. The lowest BCUT2D eigenvalue weighted by Gasteiger charge is -2.30. The van der Waals surface area contributed by atoms with Gasteiger partial charge in [0, 0.05) is 47.4 Å². The first-order valence-electron chi connectivity index (χ1n) is 15.3. The summed E-state index contributed by atoms with van der Waals surface area (Å²) in [5.74, 6) is -0.406. The molecule has 8 heteroatoms.